The molecule has 0 aliphatic carbocycles. The van der Waals surface area contributed by atoms with Crippen molar-refractivity contribution in [1.29, 1.82) is 0 Å². The Balaban J connectivity index is 2.16. The predicted octanol–water partition coefficient (Wildman–Crippen LogP) is 2.30. The first-order valence-corrected chi connectivity index (χ1v) is 6.53. The van der Waals surface area contributed by atoms with E-state index in [0.29, 0.717) is 18.6 Å². The molecule has 0 fully saturated rings. The van der Waals surface area contributed by atoms with E-state index in [2.05, 4.69) is 4.98 Å². The maximum atomic E-state index is 11.5. The van der Waals surface area contributed by atoms with Crippen LogP contribution in [-0.2, 0) is 11.2 Å². The number of aromatic nitrogens is 1. The van der Waals surface area contributed by atoms with Crippen LogP contribution < -0.4 is 0 Å². The van der Waals surface area contributed by atoms with E-state index in [9.17, 15) is 4.79 Å². The van der Waals surface area contributed by atoms with Gasteiger partial charge in [0.1, 0.15) is 5.78 Å². The Labute approximate surface area is 101 Å². The molecule has 1 aromatic rings. The molecule has 0 saturated heterocycles. The molecule has 0 spiro atoms. The monoisotopic (exact) mass is 240 g/mol. The SMILES string of the molecule is Cc1ncsc1CCCC(=O)CCN(C)C. The summed E-state index contributed by atoms with van der Waals surface area (Å²) in [5.74, 6) is 0.371. The Bertz CT molecular complexity index is 334. The van der Waals surface area contributed by atoms with Crippen LogP contribution in [0.25, 0.3) is 0 Å². The van der Waals surface area contributed by atoms with Gasteiger partial charge in [-0.05, 0) is 33.9 Å². The van der Waals surface area contributed by atoms with Gasteiger partial charge in [-0.2, -0.15) is 0 Å². The van der Waals surface area contributed by atoms with Crippen LogP contribution in [0, 0.1) is 6.92 Å². The molecule has 3 nitrogen and oxygen atoms in total. The van der Waals surface area contributed by atoms with Crippen molar-refractivity contribution in [2.24, 2.45) is 0 Å². The van der Waals surface area contributed by atoms with E-state index in [0.717, 1.165) is 25.1 Å². The van der Waals surface area contributed by atoms with Gasteiger partial charge < -0.3 is 4.90 Å². The molecule has 0 aromatic carbocycles. The minimum Gasteiger partial charge on any atom is -0.309 e. The van der Waals surface area contributed by atoms with E-state index < -0.39 is 0 Å². The first kappa shape index (κ1) is 13.3. The Kier molecular flexibility index (Phi) is 5.63. The largest absolute Gasteiger partial charge is 0.309 e. The van der Waals surface area contributed by atoms with Crippen molar-refractivity contribution in [3.05, 3.63) is 16.1 Å². The van der Waals surface area contributed by atoms with E-state index in [1.807, 2.05) is 31.4 Å². The summed E-state index contributed by atoms with van der Waals surface area (Å²) in [5, 5.41) is 0. The number of carbonyl (C=O) groups excluding carboxylic acids is 1. The standard InChI is InChI=1S/C12H20N2OS/c1-10-12(16-9-13-10)6-4-5-11(15)7-8-14(2)3/h9H,4-8H2,1-3H3. The predicted molar refractivity (Wildman–Crippen MR) is 68.0 cm³/mol. The second-order valence-electron chi connectivity index (χ2n) is 4.31. The summed E-state index contributed by atoms with van der Waals surface area (Å²) < 4.78 is 0. The van der Waals surface area contributed by atoms with Crippen molar-refractivity contribution < 1.29 is 4.79 Å². The van der Waals surface area contributed by atoms with E-state index in [-0.39, 0.29) is 0 Å². The molecule has 1 heterocycles. The maximum absolute atomic E-state index is 11.5. The molecular weight excluding hydrogens is 220 g/mol. The van der Waals surface area contributed by atoms with Gasteiger partial charge in [-0.1, -0.05) is 0 Å². The number of aryl methyl sites for hydroxylation is 2. The molecule has 0 saturated carbocycles. The molecule has 0 atom stereocenters. The van der Waals surface area contributed by atoms with Crippen molar-refractivity contribution in [2.75, 3.05) is 20.6 Å². The number of rotatable bonds is 7. The zero-order chi connectivity index (χ0) is 12.0. The summed E-state index contributed by atoms with van der Waals surface area (Å²) in [7, 11) is 3.99. The minimum atomic E-state index is 0.371. The molecule has 0 unspecified atom stereocenters. The second kappa shape index (κ2) is 6.76. The van der Waals surface area contributed by atoms with Gasteiger partial charge in [-0.25, -0.2) is 4.98 Å². The first-order valence-electron chi connectivity index (χ1n) is 5.65. The topological polar surface area (TPSA) is 33.2 Å². The van der Waals surface area contributed by atoms with Crippen molar-refractivity contribution >= 4 is 17.1 Å². The van der Waals surface area contributed by atoms with Crippen LogP contribution in [0.1, 0.15) is 29.8 Å². The number of Topliss-reactive ketones (excluding diaryl/α,β-unsaturated/α-hetero) is 1. The number of thiazole rings is 1. The quantitative estimate of drug-likeness (QED) is 0.733. The molecule has 4 heteroatoms. The van der Waals surface area contributed by atoms with E-state index in [1.54, 1.807) is 11.3 Å². The third kappa shape index (κ3) is 4.86. The highest BCUT2D eigenvalue weighted by Gasteiger charge is 2.05. The summed E-state index contributed by atoms with van der Waals surface area (Å²) in [6.07, 6.45) is 3.32. The van der Waals surface area contributed by atoms with Gasteiger partial charge in [-0.3, -0.25) is 4.79 Å². The smallest absolute Gasteiger partial charge is 0.134 e. The van der Waals surface area contributed by atoms with Gasteiger partial charge in [-0.15, -0.1) is 11.3 Å². The molecule has 0 radical (unpaired) electrons. The molecule has 0 amide bonds. The van der Waals surface area contributed by atoms with E-state index in [4.69, 9.17) is 0 Å². The molecular formula is C12H20N2OS. The fourth-order valence-electron chi connectivity index (χ4n) is 1.49. The Morgan fingerprint density at radius 2 is 2.19 bits per heavy atom. The van der Waals surface area contributed by atoms with Gasteiger partial charge in [0.15, 0.2) is 0 Å². The van der Waals surface area contributed by atoms with Crippen LogP contribution in [0.15, 0.2) is 5.51 Å². The Morgan fingerprint density at radius 3 is 2.75 bits per heavy atom. The van der Waals surface area contributed by atoms with Crippen LogP contribution in [0.4, 0.5) is 0 Å². The average Bonchev–Trinajstić information content (AvgIpc) is 2.61. The van der Waals surface area contributed by atoms with Crippen LogP contribution in [-0.4, -0.2) is 36.3 Å². The minimum absolute atomic E-state index is 0.371. The van der Waals surface area contributed by atoms with Crippen LogP contribution in [0.3, 0.4) is 0 Å². The Morgan fingerprint density at radius 1 is 1.44 bits per heavy atom. The van der Waals surface area contributed by atoms with Crippen LogP contribution >= 0.6 is 11.3 Å². The van der Waals surface area contributed by atoms with Crippen molar-refractivity contribution in [1.82, 2.24) is 9.88 Å². The fraction of sp³-hybridized carbons (Fsp3) is 0.667. The molecule has 90 valence electrons. The van der Waals surface area contributed by atoms with Gasteiger partial charge in [0.05, 0.1) is 11.2 Å². The van der Waals surface area contributed by atoms with Crippen LogP contribution in [0.5, 0.6) is 0 Å². The zero-order valence-corrected chi connectivity index (χ0v) is 11.1. The number of ketones is 1. The molecule has 0 aliphatic heterocycles. The first-order chi connectivity index (χ1) is 7.59. The summed E-state index contributed by atoms with van der Waals surface area (Å²) in [5.41, 5.74) is 2.99. The number of carbonyl (C=O) groups is 1. The average molecular weight is 240 g/mol. The lowest BCUT2D eigenvalue weighted by molar-refractivity contribution is -0.119. The molecule has 16 heavy (non-hydrogen) atoms. The highest BCUT2D eigenvalue weighted by Crippen LogP contribution is 2.15. The fourth-order valence-corrected chi connectivity index (χ4v) is 2.31. The van der Waals surface area contributed by atoms with Gasteiger partial charge >= 0.3 is 0 Å². The highest BCUT2D eigenvalue weighted by atomic mass is 32.1. The molecule has 1 rings (SSSR count). The lowest BCUT2D eigenvalue weighted by atomic mass is 10.1. The third-order valence-corrected chi connectivity index (χ3v) is 3.54. The summed E-state index contributed by atoms with van der Waals surface area (Å²) in [6, 6.07) is 0. The van der Waals surface area contributed by atoms with Crippen molar-refractivity contribution in [2.45, 2.75) is 32.6 Å². The summed E-state index contributed by atoms with van der Waals surface area (Å²) in [4.78, 5) is 19.1. The second-order valence-corrected chi connectivity index (χ2v) is 5.25. The van der Waals surface area contributed by atoms with Gasteiger partial charge in [0.25, 0.3) is 0 Å². The Hall–Kier alpha value is -0.740. The van der Waals surface area contributed by atoms with Crippen molar-refractivity contribution in [3.8, 4) is 0 Å². The van der Waals surface area contributed by atoms with Gasteiger partial charge in [0.2, 0.25) is 0 Å². The number of nitrogens with zero attached hydrogens (tertiary/aromatic N) is 2. The summed E-state index contributed by atoms with van der Waals surface area (Å²) >= 11 is 1.69. The van der Waals surface area contributed by atoms with Crippen molar-refractivity contribution in [3.63, 3.8) is 0 Å². The molecule has 1 aromatic heterocycles. The molecule has 0 aliphatic rings. The maximum Gasteiger partial charge on any atom is 0.134 e. The van der Waals surface area contributed by atoms with Gasteiger partial charge in [0, 0.05) is 24.3 Å². The normalized spacial score (nSPS) is 11.0. The molecule has 0 N–H and O–H groups in total. The number of hydrogen-bond donors (Lipinski definition) is 0. The number of hydrogen-bond acceptors (Lipinski definition) is 4. The zero-order valence-electron chi connectivity index (χ0n) is 10.3. The third-order valence-electron chi connectivity index (χ3n) is 2.54. The lowest BCUT2D eigenvalue weighted by Crippen LogP contribution is -2.16. The van der Waals surface area contributed by atoms with E-state index in [1.165, 1.54) is 4.88 Å². The van der Waals surface area contributed by atoms with Crippen LogP contribution in [0.2, 0.25) is 0 Å². The molecule has 0 bridgehead atoms. The highest BCUT2D eigenvalue weighted by molar-refractivity contribution is 7.09. The lowest BCUT2D eigenvalue weighted by Gasteiger charge is -2.07. The summed E-state index contributed by atoms with van der Waals surface area (Å²) in [6.45, 7) is 2.89. The van der Waals surface area contributed by atoms with E-state index >= 15 is 0 Å².